The molecule has 8 N–H and O–H groups in total. The third-order valence-electron chi connectivity index (χ3n) is 25.3. The number of nitrogens with two attached hydrogens (primary N) is 1. The second kappa shape index (κ2) is 44.9. The van der Waals surface area contributed by atoms with Gasteiger partial charge in [0.2, 0.25) is 23.6 Å². The third kappa shape index (κ3) is 24.9. The number of piperidine rings is 2. The van der Waals surface area contributed by atoms with Crippen LogP contribution in [-0.2, 0) is 82.6 Å². The Morgan fingerprint density at radius 1 is 0.412 bits per heavy atom. The summed E-state index contributed by atoms with van der Waals surface area (Å²) in [5.41, 5.74) is 18.4. The van der Waals surface area contributed by atoms with E-state index < -0.39 is 18.1 Å². The molecule has 0 unspecified atom stereocenters. The number of aryl methyl sites for hydroxylation is 4. The fourth-order valence-electron chi connectivity index (χ4n) is 16.7. The number of carbonyl (C=O) groups excluding carboxylic acids is 12. The molecule has 712 valence electrons. The molecule has 31 nitrogen and oxygen atoms in total. The Hall–Kier alpha value is -14.6. The van der Waals surface area contributed by atoms with Gasteiger partial charge in [0.25, 0.3) is 23.6 Å². The lowest BCUT2D eigenvalue weighted by molar-refractivity contribution is -0.130. The highest BCUT2D eigenvalue weighted by molar-refractivity contribution is 6.08. The minimum Gasteiger partial charge on any atom is -0.493 e. The van der Waals surface area contributed by atoms with Gasteiger partial charge in [-0.2, -0.15) is 0 Å². The van der Waals surface area contributed by atoms with Gasteiger partial charge in [-0.15, -0.1) is 0 Å². The monoisotopic (exact) mass is 1850 g/mol. The number of anilines is 4. The first-order chi connectivity index (χ1) is 65.1. The number of benzene rings is 6. The molecule has 6 atom stereocenters. The molecule has 0 spiro atoms. The van der Waals surface area contributed by atoms with Gasteiger partial charge in [-0.05, 0) is 171 Å². The second-order valence-electron chi connectivity index (χ2n) is 36.1. The van der Waals surface area contributed by atoms with Crippen LogP contribution < -0.4 is 56.6 Å². The van der Waals surface area contributed by atoms with E-state index in [4.69, 9.17) is 24.7 Å². The molecular formula is C105H121N15O16. The second-order valence-corrected chi connectivity index (χ2v) is 36.1. The zero-order chi connectivity index (χ0) is 97.3. The molecule has 31 heteroatoms. The number of aromatic nitrogens is 4. The van der Waals surface area contributed by atoms with Crippen molar-refractivity contribution < 1.29 is 76.5 Å². The maximum atomic E-state index is 13.5. The molecule has 4 aliphatic heterocycles. The third-order valence-corrected chi connectivity index (χ3v) is 25.3. The van der Waals surface area contributed by atoms with Gasteiger partial charge in [-0.25, -0.2) is 0 Å². The minimum absolute atomic E-state index is 0.0146. The average molecular weight is 1850 g/mol. The maximum absolute atomic E-state index is 13.5. The predicted octanol–water partition coefficient (Wildman–Crippen LogP) is 15.0. The number of hydrogen-bond donors (Lipinski definition) is 7. The number of nitrogens with zero attached hydrogens (tertiary/aromatic N) is 8. The van der Waals surface area contributed by atoms with Crippen molar-refractivity contribution in [2.45, 2.75) is 169 Å². The highest BCUT2D eigenvalue weighted by Gasteiger charge is 2.35. The van der Waals surface area contributed by atoms with Crippen LogP contribution in [-0.4, -0.2) is 182 Å². The van der Waals surface area contributed by atoms with Gasteiger partial charge in [-0.3, -0.25) is 67.5 Å². The molecule has 8 heterocycles. The van der Waals surface area contributed by atoms with Crippen molar-refractivity contribution in [2.75, 3.05) is 61.8 Å². The predicted molar refractivity (Wildman–Crippen MR) is 523 cm³/mol. The van der Waals surface area contributed by atoms with Crippen LogP contribution in [0.25, 0.3) is 22.3 Å². The highest BCUT2D eigenvalue weighted by Crippen LogP contribution is 2.41. The Morgan fingerprint density at radius 2 is 0.787 bits per heavy atom. The summed E-state index contributed by atoms with van der Waals surface area (Å²) in [4.78, 5) is 169. The van der Waals surface area contributed by atoms with E-state index in [1.54, 1.807) is 170 Å². The molecule has 4 aromatic heterocycles. The van der Waals surface area contributed by atoms with Gasteiger partial charge < -0.3 is 84.7 Å². The molecular weight excluding hydrogens is 1730 g/mol. The molecule has 0 aliphatic carbocycles. The Kier molecular flexibility index (Phi) is 32.7. The van der Waals surface area contributed by atoms with E-state index in [1.807, 2.05) is 118 Å². The van der Waals surface area contributed by atoms with Gasteiger partial charge in [0.1, 0.15) is 11.4 Å². The molecule has 0 saturated carbocycles. The van der Waals surface area contributed by atoms with Gasteiger partial charge in [0, 0.05) is 158 Å². The molecule has 2 saturated heterocycles. The minimum atomic E-state index is -0.691. The van der Waals surface area contributed by atoms with Gasteiger partial charge in [-0.1, -0.05) is 107 Å². The number of nitrogens with one attached hydrogen (secondary N) is 6. The molecule has 6 aromatic carbocycles. The van der Waals surface area contributed by atoms with Crippen molar-refractivity contribution in [3.8, 4) is 45.3 Å². The van der Waals surface area contributed by atoms with Gasteiger partial charge in [0.05, 0.1) is 103 Å². The smallest absolute Gasteiger partial charge is 0.272 e. The summed E-state index contributed by atoms with van der Waals surface area (Å²) in [6.45, 7) is 14.7. The van der Waals surface area contributed by atoms with Crippen LogP contribution in [0.15, 0.2) is 180 Å². The van der Waals surface area contributed by atoms with Crippen molar-refractivity contribution >= 4 is 117 Å². The van der Waals surface area contributed by atoms with Crippen LogP contribution in [0.3, 0.4) is 0 Å². The Balaban J connectivity index is 0.000000230. The first-order valence-electron chi connectivity index (χ1n) is 46.3. The zero-order valence-corrected chi connectivity index (χ0v) is 79.4. The maximum Gasteiger partial charge on any atom is 0.272 e. The average Bonchev–Trinajstić information content (AvgIpc) is 0.862. The van der Waals surface area contributed by atoms with E-state index in [0.29, 0.717) is 117 Å². The van der Waals surface area contributed by atoms with Crippen molar-refractivity contribution in [1.29, 1.82) is 0 Å². The summed E-state index contributed by atoms with van der Waals surface area (Å²) in [5, 5.41) is 17.1. The van der Waals surface area contributed by atoms with Crippen LogP contribution in [0.5, 0.6) is 23.0 Å². The molecule has 8 amide bonds. The van der Waals surface area contributed by atoms with E-state index in [-0.39, 0.29) is 152 Å². The van der Waals surface area contributed by atoms with Crippen molar-refractivity contribution in [3.63, 3.8) is 0 Å². The number of fused-ring (bicyclic) bond motifs is 4. The Morgan fingerprint density at radius 3 is 1.17 bits per heavy atom. The molecule has 14 rings (SSSR count). The van der Waals surface area contributed by atoms with E-state index >= 15 is 0 Å². The van der Waals surface area contributed by atoms with Gasteiger partial charge in [0.15, 0.2) is 46.1 Å². The standard InChI is InChI=1S/C53H61N7O8.C52H60N8O8/c1-32(2)33(3)51(64)55-34(4)46(61)23-36-15-19-39(20-16-36)57-52(65)45-25-38(30-58(45)5)37-17-13-35(14-18-37)24-47(62)44-26-40(31-59(44)6)56-50(63)12-10-22-68-49-28-43-42(27-48(49)67-7)53(66)60-21-9-8-11-41(60)29-54-43;1-31(2)49(53)51(65)55-32(3)44(61)22-34-14-18-37(19-15-34)57-50(64)43-24-36(29-58(43)4)35-16-12-33(13-17-35)23-45(62)42-25-38(30-59(42)5)56-48(63)11-9-21-68-47-27-41-40(26-46(47)67-6)52(66)60-20-8-7-10-39(60)28-54-41/h13-20,25-34,41H,8-12,21-24H2,1-7H3,(H,55,64)(H,56,63)(H,57,65);12-19,24-32,39,49H,7-11,20-23,53H2,1-6H3,(H,55,65)(H,56,63)(H,57,64)/t33-,34-,41-;32-,39-,49-/m00/s1. The number of ether oxygens (including phenoxy) is 4. The molecule has 0 radical (unpaired) electrons. The number of amides is 8. The van der Waals surface area contributed by atoms with E-state index in [0.717, 1.165) is 83.0 Å². The number of rotatable bonds is 38. The zero-order valence-electron chi connectivity index (χ0n) is 79.4. The van der Waals surface area contributed by atoms with Crippen molar-refractivity contribution in [1.82, 2.24) is 38.7 Å². The number of aliphatic imine (C=N–C) groups is 2. The summed E-state index contributed by atoms with van der Waals surface area (Å²) in [6.07, 6.45) is 18.4. The van der Waals surface area contributed by atoms with Crippen LogP contribution in [0.2, 0.25) is 0 Å². The molecule has 136 heavy (non-hydrogen) atoms. The summed E-state index contributed by atoms with van der Waals surface area (Å²) < 4.78 is 30.0. The highest BCUT2D eigenvalue weighted by atomic mass is 16.5. The van der Waals surface area contributed by atoms with Crippen molar-refractivity contribution in [3.05, 3.63) is 227 Å². The molecule has 2 fully saturated rings. The SMILES string of the molecule is COc1cc2c(cc1OCCCC(=O)Nc1cc(C(=O)Cc3ccc(-c4cc(C(=O)Nc5ccc(CC(=O)[C@H](C)NC(=O)[C@@H](C)C(C)C)cc5)n(C)c4)cc3)n(C)c1)N=C[C@@H]1CCCCN1C2=O.COc1cc2c(cc1OCCCC(=O)Nc1cc(C(=O)Cc3ccc(-c4cc(C(=O)Nc5ccc(CC(=O)[C@H](C)NC(=O)[C@@H](N)C(C)C)cc5)n(C)c4)cc3)n(C)c1)N=C[C@@H]1CCCCN1C2=O. The molecule has 10 aromatic rings. The normalized spacial score (nSPS) is 15.1. The number of Topliss-reactive ketones (excluding diaryl/α,β-unsaturated/α-hetero) is 4. The van der Waals surface area contributed by atoms with Crippen LogP contribution in [0.4, 0.5) is 34.1 Å². The van der Waals surface area contributed by atoms with Crippen LogP contribution in [0, 0.1) is 17.8 Å². The summed E-state index contributed by atoms with van der Waals surface area (Å²) in [7, 11) is 10.2. The van der Waals surface area contributed by atoms with E-state index in [9.17, 15) is 57.5 Å². The quantitative estimate of drug-likeness (QED) is 0.0140. The largest absolute Gasteiger partial charge is 0.493 e. The molecule has 4 aliphatic rings. The summed E-state index contributed by atoms with van der Waals surface area (Å²) in [6, 6.07) is 41.0. The number of carbonyl (C=O) groups is 12. The van der Waals surface area contributed by atoms with E-state index in [2.05, 4.69) is 41.9 Å². The number of methoxy groups -OCH3 is 2. The Labute approximate surface area is 791 Å². The van der Waals surface area contributed by atoms with Crippen LogP contribution in [0.1, 0.15) is 198 Å². The lowest BCUT2D eigenvalue weighted by atomic mass is 9.96. The summed E-state index contributed by atoms with van der Waals surface area (Å²) in [5.74, 6) is -0.467. The van der Waals surface area contributed by atoms with Gasteiger partial charge >= 0.3 is 0 Å². The fourth-order valence-corrected chi connectivity index (χ4v) is 16.7. The number of ketones is 4. The van der Waals surface area contributed by atoms with E-state index in [1.165, 1.54) is 14.2 Å². The fraction of sp³-hybridized carbons (Fsp3) is 0.371. The first kappa shape index (κ1) is 98.9. The lowest BCUT2D eigenvalue weighted by Crippen LogP contribution is -2.49. The summed E-state index contributed by atoms with van der Waals surface area (Å²) >= 11 is 0. The van der Waals surface area contributed by atoms with Crippen molar-refractivity contribution in [2.24, 2.45) is 61.7 Å². The Bertz CT molecular complexity index is 5800. The molecule has 0 bridgehead atoms. The first-order valence-corrected chi connectivity index (χ1v) is 46.3. The lowest BCUT2D eigenvalue weighted by Gasteiger charge is -2.32. The van der Waals surface area contributed by atoms with Crippen LogP contribution >= 0.6 is 0 Å². The topological polar surface area (TPSA) is 391 Å². The number of hydrogen-bond acceptors (Lipinski definition) is 19.